The maximum Gasteiger partial charge on any atom is 0.306 e. The Kier molecular flexibility index (Phi) is 4.64. The molecule has 0 aliphatic rings. The van der Waals surface area contributed by atoms with Gasteiger partial charge in [0.1, 0.15) is 18.2 Å². The van der Waals surface area contributed by atoms with Crippen molar-refractivity contribution in [3.05, 3.63) is 35.6 Å². The van der Waals surface area contributed by atoms with E-state index in [1.165, 1.54) is 19.1 Å². The second-order valence-electron chi connectivity index (χ2n) is 3.49. The number of rotatable bonds is 5. The molecule has 16 heavy (non-hydrogen) atoms. The number of halogens is 1. The number of esters is 1. The summed E-state index contributed by atoms with van der Waals surface area (Å²) in [5, 5.41) is 0. The number of hydrogen-bond acceptors (Lipinski definition) is 3. The normalized spacial score (nSPS) is 9.88. The minimum Gasteiger partial charge on any atom is -0.461 e. The second-order valence-corrected chi connectivity index (χ2v) is 3.49. The van der Waals surface area contributed by atoms with Gasteiger partial charge in [-0.2, -0.15) is 0 Å². The molecule has 0 saturated carbocycles. The summed E-state index contributed by atoms with van der Waals surface area (Å²) in [5.74, 6) is -0.787. The van der Waals surface area contributed by atoms with Crippen molar-refractivity contribution in [2.75, 3.05) is 0 Å². The fourth-order valence-corrected chi connectivity index (χ4v) is 1.09. The predicted molar refractivity (Wildman–Crippen MR) is 56.1 cm³/mol. The number of ether oxygens (including phenoxy) is 1. The summed E-state index contributed by atoms with van der Waals surface area (Å²) in [6.45, 7) is 1.53. The van der Waals surface area contributed by atoms with E-state index in [4.69, 9.17) is 4.74 Å². The Morgan fingerprint density at radius 3 is 2.38 bits per heavy atom. The Morgan fingerprint density at radius 2 is 1.81 bits per heavy atom. The lowest BCUT2D eigenvalue weighted by molar-refractivity contribution is -0.146. The molecule has 4 heteroatoms. The van der Waals surface area contributed by atoms with Crippen LogP contribution in [0.4, 0.5) is 4.39 Å². The van der Waals surface area contributed by atoms with E-state index in [1.54, 1.807) is 12.1 Å². The first-order valence-corrected chi connectivity index (χ1v) is 4.97. The van der Waals surface area contributed by atoms with Gasteiger partial charge in [-0.25, -0.2) is 4.39 Å². The number of benzene rings is 1. The van der Waals surface area contributed by atoms with Crippen molar-refractivity contribution in [2.24, 2.45) is 0 Å². The zero-order valence-corrected chi connectivity index (χ0v) is 9.03. The summed E-state index contributed by atoms with van der Waals surface area (Å²) >= 11 is 0. The first-order valence-electron chi connectivity index (χ1n) is 4.97. The van der Waals surface area contributed by atoms with Gasteiger partial charge in [-0.05, 0) is 24.6 Å². The zero-order chi connectivity index (χ0) is 12.0. The third kappa shape index (κ3) is 4.68. The monoisotopic (exact) mass is 224 g/mol. The molecule has 0 amide bonds. The highest BCUT2D eigenvalue weighted by molar-refractivity contribution is 5.80. The van der Waals surface area contributed by atoms with Crippen LogP contribution in [-0.4, -0.2) is 11.8 Å². The molecule has 0 saturated heterocycles. The highest BCUT2D eigenvalue weighted by atomic mass is 19.1. The lowest BCUT2D eigenvalue weighted by atomic mass is 10.2. The van der Waals surface area contributed by atoms with Crippen LogP contribution in [0.3, 0.4) is 0 Å². The van der Waals surface area contributed by atoms with Gasteiger partial charge in [0.2, 0.25) is 0 Å². The van der Waals surface area contributed by atoms with Gasteiger partial charge >= 0.3 is 5.97 Å². The van der Waals surface area contributed by atoms with Crippen LogP contribution in [-0.2, 0) is 20.9 Å². The smallest absolute Gasteiger partial charge is 0.306 e. The van der Waals surface area contributed by atoms with Crippen LogP contribution < -0.4 is 0 Å². The Balaban J connectivity index is 2.31. The molecule has 0 aliphatic carbocycles. The van der Waals surface area contributed by atoms with E-state index in [1.807, 2.05) is 0 Å². The van der Waals surface area contributed by atoms with E-state index >= 15 is 0 Å². The number of Topliss-reactive ketones (excluding diaryl/α,β-unsaturated/α-hetero) is 1. The molecule has 0 spiro atoms. The largest absolute Gasteiger partial charge is 0.461 e. The van der Waals surface area contributed by atoms with Crippen LogP contribution in [0.15, 0.2) is 24.3 Å². The van der Waals surface area contributed by atoms with Gasteiger partial charge in [-0.1, -0.05) is 12.1 Å². The van der Waals surface area contributed by atoms with Crippen LogP contribution >= 0.6 is 0 Å². The molecule has 0 aromatic heterocycles. The van der Waals surface area contributed by atoms with E-state index in [-0.39, 0.29) is 31.0 Å². The first-order chi connectivity index (χ1) is 7.58. The Morgan fingerprint density at radius 1 is 1.19 bits per heavy atom. The van der Waals surface area contributed by atoms with Gasteiger partial charge in [0, 0.05) is 6.42 Å². The number of carbonyl (C=O) groups excluding carboxylic acids is 2. The van der Waals surface area contributed by atoms with E-state index in [2.05, 4.69) is 0 Å². The fraction of sp³-hybridized carbons (Fsp3) is 0.333. The summed E-state index contributed by atoms with van der Waals surface area (Å²) in [7, 11) is 0. The van der Waals surface area contributed by atoms with Crippen LogP contribution in [0.25, 0.3) is 0 Å². The predicted octanol–water partition coefficient (Wildman–Crippen LogP) is 2.24. The Bertz CT molecular complexity index is 370. The molecule has 0 N–H and O–H groups in total. The van der Waals surface area contributed by atoms with Gasteiger partial charge in [-0.3, -0.25) is 4.79 Å². The molecule has 1 aromatic carbocycles. The standard InChI is InChI=1S/C12H13FO3/c1-9(14)2-7-12(15)16-8-10-3-5-11(13)6-4-10/h3-6H,2,7-8H2,1H3. The summed E-state index contributed by atoms with van der Waals surface area (Å²) in [4.78, 5) is 21.7. The van der Waals surface area contributed by atoms with Gasteiger partial charge in [-0.15, -0.1) is 0 Å². The molecule has 1 aromatic rings. The third-order valence-corrected chi connectivity index (χ3v) is 1.99. The zero-order valence-electron chi connectivity index (χ0n) is 9.03. The average Bonchev–Trinajstić information content (AvgIpc) is 2.25. The topological polar surface area (TPSA) is 43.4 Å². The van der Waals surface area contributed by atoms with Crippen LogP contribution in [0.5, 0.6) is 0 Å². The second kappa shape index (κ2) is 6.00. The quantitative estimate of drug-likeness (QED) is 0.720. The molecule has 0 bridgehead atoms. The van der Waals surface area contributed by atoms with Crippen molar-refractivity contribution >= 4 is 11.8 Å². The highest BCUT2D eigenvalue weighted by Gasteiger charge is 2.05. The molecule has 3 nitrogen and oxygen atoms in total. The molecule has 0 fully saturated rings. The molecule has 0 atom stereocenters. The maximum atomic E-state index is 12.5. The van der Waals surface area contributed by atoms with E-state index in [9.17, 15) is 14.0 Å². The van der Waals surface area contributed by atoms with Crippen molar-refractivity contribution < 1.29 is 18.7 Å². The maximum absolute atomic E-state index is 12.5. The number of carbonyl (C=O) groups is 2. The third-order valence-electron chi connectivity index (χ3n) is 1.99. The first kappa shape index (κ1) is 12.4. The minimum atomic E-state index is -0.417. The van der Waals surface area contributed by atoms with E-state index in [0.717, 1.165) is 5.56 Å². The summed E-state index contributed by atoms with van der Waals surface area (Å²) < 4.78 is 17.5. The fourth-order valence-electron chi connectivity index (χ4n) is 1.09. The molecular weight excluding hydrogens is 211 g/mol. The lowest BCUT2D eigenvalue weighted by Crippen LogP contribution is -2.06. The van der Waals surface area contributed by atoms with Crippen molar-refractivity contribution in [3.8, 4) is 0 Å². The van der Waals surface area contributed by atoms with Crippen LogP contribution in [0.1, 0.15) is 25.3 Å². The Hall–Kier alpha value is -1.71. The Labute approximate surface area is 93.2 Å². The molecule has 0 radical (unpaired) electrons. The van der Waals surface area contributed by atoms with Crippen molar-refractivity contribution in [1.82, 2.24) is 0 Å². The van der Waals surface area contributed by atoms with Crippen LogP contribution in [0.2, 0.25) is 0 Å². The average molecular weight is 224 g/mol. The number of hydrogen-bond donors (Lipinski definition) is 0. The van der Waals surface area contributed by atoms with Crippen molar-refractivity contribution in [3.63, 3.8) is 0 Å². The molecule has 0 heterocycles. The summed E-state index contributed by atoms with van der Waals surface area (Å²) in [6.07, 6.45) is 0.290. The van der Waals surface area contributed by atoms with Crippen molar-refractivity contribution in [2.45, 2.75) is 26.4 Å². The molecule has 1 rings (SSSR count). The van der Waals surface area contributed by atoms with Gasteiger partial charge in [0.05, 0.1) is 6.42 Å². The molecular formula is C12H13FO3. The van der Waals surface area contributed by atoms with Crippen molar-refractivity contribution in [1.29, 1.82) is 0 Å². The molecule has 0 aliphatic heterocycles. The summed E-state index contributed by atoms with van der Waals surface area (Å²) in [5.41, 5.74) is 0.720. The minimum absolute atomic E-state index is 0.0428. The highest BCUT2D eigenvalue weighted by Crippen LogP contribution is 2.05. The van der Waals surface area contributed by atoms with Gasteiger partial charge in [0.25, 0.3) is 0 Å². The van der Waals surface area contributed by atoms with Gasteiger partial charge in [0.15, 0.2) is 0 Å². The molecule has 86 valence electrons. The lowest BCUT2D eigenvalue weighted by Gasteiger charge is -2.03. The molecule has 0 unspecified atom stereocenters. The van der Waals surface area contributed by atoms with Crippen LogP contribution in [0, 0.1) is 5.82 Å². The van der Waals surface area contributed by atoms with Gasteiger partial charge < -0.3 is 9.53 Å². The number of ketones is 1. The summed E-state index contributed by atoms with van der Waals surface area (Å²) in [6, 6.07) is 5.71. The SMILES string of the molecule is CC(=O)CCC(=O)OCc1ccc(F)cc1. The van der Waals surface area contributed by atoms with E-state index < -0.39 is 5.97 Å². The van der Waals surface area contributed by atoms with E-state index in [0.29, 0.717) is 0 Å².